The van der Waals surface area contributed by atoms with E-state index in [2.05, 4.69) is 42.4 Å². The minimum atomic E-state index is -2.01. The summed E-state index contributed by atoms with van der Waals surface area (Å²) in [6.07, 6.45) is 1.31. The Bertz CT molecular complexity index is 1550. The summed E-state index contributed by atoms with van der Waals surface area (Å²) in [5.41, 5.74) is 1.64. The van der Waals surface area contributed by atoms with Crippen LogP contribution in [0.5, 0.6) is 23.0 Å². The zero-order chi connectivity index (χ0) is 30.3. The monoisotopic (exact) mass is 696 g/mol. The van der Waals surface area contributed by atoms with Gasteiger partial charge in [0.15, 0.2) is 22.8 Å². The van der Waals surface area contributed by atoms with Crippen LogP contribution in [-0.2, 0) is 10.4 Å². The minimum Gasteiger partial charge on any atom is -0.493 e. The Hall–Kier alpha value is -4.19. The first-order chi connectivity index (χ1) is 20.2. The number of esters is 1. The van der Waals surface area contributed by atoms with Gasteiger partial charge in [-0.1, -0.05) is 76.6 Å². The predicted octanol–water partition coefficient (Wildman–Crippen LogP) is 5.84. The molecule has 9 nitrogen and oxygen atoms in total. The first-order valence-corrected chi connectivity index (χ1v) is 14.0. The Morgan fingerprint density at radius 2 is 1.36 bits per heavy atom. The van der Waals surface area contributed by atoms with Crippen LogP contribution >= 0.6 is 31.9 Å². The van der Waals surface area contributed by atoms with Gasteiger partial charge < -0.3 is 24.1 Å². The van der Waals surface area contributed by atoms with Crippen molar-refractivity contribution in [2.75, 3.05) is 21.3 Å². The molecule has 0 aliphatic heterocycles. The van der Waals surface area contributed by atoms with Gasteiger partial charge in [-0.05, 0) is 51.3 Å². The summed E-state index contributed by atoms with van der Waals surface area (Å²) in [5, 5.41) is 15.7. The van der Waals surface area contributed by atoms with Gasteiger partial charge in [0.1, 0.15) is 0 Å². The second-order valence-corrected chi connectivity index (χ2v) is 10.5. The van der Waals surface area contributed by atoms with Gasteiger partial charge in [0.05, 0.1) is 37.6 Å². The number of halogens is 2. The normalized spacial score (nSPS) is 11.2. The summed E-state index contributed by atoms with van der Waals surface area (Å²) in [4.78, 5) is 26.6. The van der Waals surface area contributed by atoms with E-state index in [9.17, 15) is 14.7 Å². The highest BCUT2D eigenvalue weighted by molar-refractivity contribution is 9.11. The molecule has 216 valence electrons. The molecule has 4 rings (SSSR count). The third-order valence-electron chi connectivity index (χ3n) is 6.21. The maximum Gasteiger partial charge on any atom is 0.343 e. The SMILES string of the molecule is COc1cc(C(=O)Oc2c(Br)cc(Br)cc2/C=N/NC(=O)C(O)(c2ccccc2)c2ccccc2)cc(OC)c1OC. The maximum absolute atomic E-state index is 13.4. The molecule has 0 aliphatic carbocycles. The number of ether oxygens (including phenoxy) is 4. The Balaban J connectivity index is 1.63. The number of benzene rings is 4. The standard InChI is InChI=1S/C31H26Br2N2O7/c1-39-25-15-19(16-26(40-2)28(25)41-3)29(36)42-27-20(14-23(32)17-24(27)33)18-34-35-30(37)31(38,21-10-6-4-7-11-21)22-12-8-5-9-13-22/h4-18,38H,1-3H3,(H,35,37)/b34-18+. The van der Waals surface area contributed by atoms with Crippen LogP contribution < -0.4 is 24.4 Å². The van der Waals surface area contributed by atoms with E-state index >= 15 is 0 Å². The van der Waals surface area contributed by atoms with Crippen LogP contribution in [0.4, 0.5) is 0 Å². The zero-order valence-electron chi connectivity index (χ0n) is 22.8. The van der Waals surface area contributed by atoms with E-state index in [-0.39, 0.29) is 22.8 Å². The summed E-state index contributed by atoms with van der Waals surface area (Å²) in [6, 6.07) is 23.4. The summed E-state index contributed by atoms with van der Waals surface area (Å²) in [7, 11) is 4.34. The number of carbonyl (C=O) groups excluding carboxylic acids is 2. The molecule has 4 aromatic carbocycles. The molecule has 11 heteroatoms. The molecule has 0 spiro atoms. The van der Waals surface area contributed by atoms with E-state index in [1.807, 2.05) is 0 Å². The van der Waals surface area contributed by atoms with Crippen molar-refractivity contribution in [3.05, 3.63) is 116 Å². The zero-order valence-corrected chi connectivity index (χ0v) is 25.9. The van der Waals surface area contributed by atoms with E-state index in [1.54, 1.807) is 72.8 Å². The summed E-state index contributed by atoms with van der Waals surface area (Å²) < 4.78 is 22.8. The molecular formula is C31H26Br2N2O7. The van der Waals surface area contributed by atoms with Crippen LogP contribution in [0.25, 0.3) is 0 Å². The van der Waals surface area contributed by atoms with Gasteiger partial charge in [-0.15, -0.1) is 0 Å². The van der Waals surface area contributed by atoms with Gasteiger partial charge in [-0.3, -0.25) is 4.79 Å². The number of hydrogen-bond donors (Lipinski definition) is 2. The average Bonchev–Trinajstić information content (AvgIpc) is 3.01. The molecule has 42 heavy (non-hydrogen) atoms. The van der Waals surface area contributed by atoms with E-state index in [0.29, 0.717) is 31.4 Å². The predicted molar refractivity (Wildman–Crippen MR) is 165 cm³/mol. The van der Waals surface area contributed by atoms with Crippen LogP contribution in [0.1, 0.15) is 27.0 Å². The van der Waals surface area contributed by atoms with E-state index in [0.717, 1.165) is 0 Å². The van der Waals surface area contributed by atoms with Crippen molar-refractivity contribution in [3.63, 3.8) is 0 Å². The van der Waals surface area contributed by atoms with Crippen LogP contribution in [0.15, 0.2) is 99.0 Å². The number of nitrogens with zero attached hydrogens (tertiary/aromatic N) is 1. The van der Waals surface area contributed by atoms with E-state index in [4.69, 9.17) is 18.9 Å². The molecule has 2 N–H and O–H groups in total. The molecule has 0 bridgehead atoms. The number of hydrazone groups is 1. The fraction of sp³-hybridized carbons (Fsp3) is 0.129. The molecule has 0 fully saturated rings. The minimum absolute atomic E-state index is 0.135. The van der Waals surface area contributed by atoms with Gasteiger partial charge in [-0.25, -0.2) is 10.2 Å². The summed E-state index contributed by atoms with van der Waals surface area (Å²) >= 11 is 6.85. The Kier molecular flexibility index (Phi) is 10.00. The average molecular weight is 698 g/mol. The molecular weight excluding hydrogens is 672 g/mol. The highest BCUT2D eigenvalue weighted by Gasteiger charge is 2.39. The maximum atomic E-state index is 13.4. The lowest BCUT2D eigenvalue weighted by atomic mass is 9.85. The largest absolute Gasteiger partial charge is 0.493 e. The summed E-state index contributed by atoms with van der Waals surface area (Å²) in [5.74, 6) is -0.452. The smallest absolute Gasteiger partial charge is 0.343 e. The number of hydrogen-bond acceptors (Lipinski definition) is 8. The first kappa shape index (κ1) is 30.8. The molecule has 0 saturated heterocycles. The lowest BCUT2D eigenvalue weighted by Crippen LogP contribution is -2.43. The lowest BCUT2D eigenvalue weighted by Gasteiger charge is -2.27. The van der Waals surface area contributed by atoms with Crippen molar-refractivity contribution < 1.29 is 33.6 Å². The summed E-state index contributed by atoms with van der Waals surface area (Å²) in [6.45, 7) is 0. The van der Waals surface area contributed by atoms with Crippen LogP contribution in [-0.4, -0.2) is 44.5 Å². The van der Waals surface area contributed by atoms with Gasteiger partial charge in [0, 0.05) is 10.0 Å². The van der Waals surface area contributed by atoms with Gasteiger partial charge in [0.25, 0.3) is 5.91 Å². The number of aliphatic hydroxyl groups is 1. The lowest BCUT2D eigenvalue weighted by molar-refractivity contribution is -0.136. The van der Waals surface area contributed by atoms with Crippen molar-refractivity contribution in [1.82, 2.24) is 5.43 Å². The molecule has 1 amide bonds. The number of nitrogens with one attached hydrogen (secondary N) is 1. The Morgan fingerprint density at radius 1 is 0.810 bits per heavy atom. The molecule has 0 saturated carbocycles. The second-order valence-electron chi connectivity index (χ2n) is 8.75. The fourth-order valence-electron chi connectivity index (χ4n) is 4.16. The molecule has 0 atom stereocenters. The number of methoxy groups -OCH3 is 3. The van der Waals surface area contributed by atoms with Crippen molar-refractivity contribution >= 4 is 50.0 Å². The molecule has 0 unspecified atom stereocenters. The number of rotatable bonds is 10. The van der Waals surface area contributed by atoms with Crippen molar-refractivity contribution in [2.24, 2.45) is 5.10 Å². The molecule has 4 aromatic rings. The van der Waals surface area contributed by atoms with Gasteiger partial charge >= 0.3 is 5.97 Å². The number of carbonyl (C=O) groups is 2. The molecule has 0 heterocycles. The molecule has 0 aliphatic rings. The second kappa shape index (κ2) is 13.6. The van der Waals surface area contributed by atoms with Crippen LogP contribution in [0, 0.1) is 0 Å². The fourth-order valence-corrected chi connectivity index (χ4v) is 5.50. The van der Waals surface area contributed by atoms with Crippen molar-refractivity contribution in [1.29, 1.82) is 0 Å². The van der Waals surface area contributed by atoms with Crippen LogP contribution in [0.2, 0.25) is 0 Å². The third kappa shape index (κ3) is 6.48. The topological polar surface area (TPSA) is 116 Å². The molecule has 0 aromatic heterocycles. The first-order valence-electron chi connectivity index (χ1n) is 12.4. The highest BCUT2D eigenvalue weighted by atomic mass is 79.9. The van der Waals surface area contributed by atoms with Gasteiger partial charge in [-0.2, -0.15) is 5.10 Å². The quantitative estimate of drug-likeness (QED) is 0.0926. The third-order valence-corrected chi connectivity index (χ3v) is 7.26. The van der Waals surface area contributed by atoms with E-state index in [1.165, 1.54) is 39.7 Å². The van der Waals surface area contributed by atoms with E-state index < -0.39 is 17.5 Å². The number of amides is 1. The van der Waals surface area contributed by atoms with Crippen LogP contribution in [0.3, 0.4) is 0 Å². The highest BCUT2D eigenvalue weighted by Crippen LogP contribution is 2.39. The molecule has 0 radical (unpaired) electrons. The Labute approximate surface area is 259 Å². The van der Waals surface area contributed by atoms with Crippen molar-refractivity contribution in [2.45, 2.75) is 5.60 Å². The Morgan fingerprint density at radius 3 is 1.86 bits per heavy atom. The van der Waals surface area contributed by atoms with Crippen molar-refractivity contribution in [3.8, 4) is 23.0 Å². The van der Waals surface area contributed by atoms with Gasteiger partial charge in [0.2, 0.25) is 5.75 Å².